The van der Waals surface area contributed by atoms with Crippen LogP contribution in [-0.2, 0) is 9.59 Å². The van der Waals surface area contributed by atoms with Gasteiger partial charge in [0.15, 0.2) is 4.08 Å². The van der Waals surface area contributed by atoms with Crippen LogP contribution < -0.4 is 0 Å². The monoisotopic (exact) mass is 292 g/mol. The minimum atomic E-state index is -0.800. The SMILES string of the molecule is C=CCSC(C)(SCC=C)C(=O)O.CCC(=O)O. The second-order valence-corrected chi connectivity index (χ2v) is 6.33. The topological polar surface area (TPSA) is 74.6 Å². The number of carboxylic acid groups (broad SMARTS) is 2. The Kier molecular flexibility index (Phi) is 12.1. The Balaban J connectivity index is 0. The van der Waals surface area contributed by atoms with Crippen molar-refractivity contribution < 1.29 is 19.8 Å². The zero-order valence-corrected chi connectivity index (χ0v) is 12.4. The van der Waals surface area contributed by atoms with Crippen molar-refractivity contribution in [1.29, 1.82) is 0 Å². The molecule has 0 spiro atoms. The Morgan fingerprint density at radius 3 is 1.67 bits per heavy atom. The molecule has 0 heterocycles. The lowest BCUT2D eigenvalue weighted by Gasteiger charge is -2.22. The fraction of sp³-hybridized carbons (Fsp3) is 0.500. The molecule has 0 aromatic heterocycles. The third-order valence-electron chi connectivity index (χ3n) is 1.64. The summed E-state index contributed by atoms with van der Waals surface area (Å²) >= 11 is 2.74. The lowest BCUT2D eigenvalue weighted by molar-refractivity contribution is -0.137. The molecule has 0 amide bonds. The lowest BCUT2D eigenvalue weighted by Crippen LogP contribution is -2.28. The van der Waals surface area contributed by atoms with E-state index in [1.54, 1.807) is 26.0 Å². The quantitative estimate of drug-likeness (QED) is 0.529. The molecular weight excluding hydrogens is 272 g/mol. The average molecular weight is 292 g/mol. The van der Waals surface area contributed by atoms with Gasteiger partial charge in [0.25, 0.3) is 0 Å². The molecule has 18 heavy (non-hydrogen) atoms. The number of rotatable bonds is 8. The molecule has 0 aliphatic carbocycles. The molecule has 4 nitrogen and oxygen atoms in total. The minimum absolute atomic E-state index is 0.222. The van der Waals surface area contributed by atoms with Gasteiger partial charge in [0.2, 0.25) is 0 Å². The van der Waals surface area contributed by atoms with E-state index >= 15 is 0 Å². The Morgan fingerprint density at radius 2 is 1.50 bits per heavy atom. The van der Waals surface area contributed by atoms with Crippen molar-refractivity contribution in [3.63, 3.8) is 0 Å². The Bertz CT molecular complexity index is 278. The molecule has 0 unspecified atom stereocenters. The molecule has 104 valence electrons. The van der Waals surface area contributed by atoms with Crippen molar-refractivity contribution in [2.75, 3.05) is 11.5 Å². The molecule has 2 N–H and O–H groups in total. The molecule has 0 aliphatic rings. The highest BCUT2D eigenvalue weighted by Gasteiger charge is 2.33. The molecule has 0 rings (SSSR count). The number of carbonyl (C=O) groups is 2. The van der Waals surface area contributed by atoms with Crippen LogP contribution in [0, 0.1) is 0 Å². The predicted molar refractivity (Wildman–Crippen MR) is 79.3 cm³/mol. The first kappa shape index (κ1) is 19.5. The largest absolute Gasteiger partial charge is 0.481 e. The van der Waals surface area contributed by atoms with Gasteiger partial charge in [0.1, 0.15) is 0 Å². The first-order chi connectivity index (χ1) is 8.33. The van der Waals surface area contributed by atoms with Crippen LogP contribution in [-0.4, -0.2) is 37.7 Å². The molecule has 0 fully saturated rings. The summed E-state index contributed by atoms with van der Waals surface area (Å²) < 4.78 is -0.789. The van der Waals surface area contributed by atoms with Gasteiger partial charge in [-0.2, -0.15) is 0 Å². The van der Waals surface area contributed by atoms with Crippen molar-refractivity contribution in [2.24, 2.45) is 0 Å². The van der Waals surface area contributed by atoms with Gasteiger partial charge in [-0.1, -0.05) is 19.1 Å². The summed E-state index contributed by atoms with van der Waals surface area (Å²) in [6.45, 7) is 10.4. The standard InChI is InChI=1S/C9H14O2S2.C3H6O2/c1-4-6-12-9(3,8(10)11)13-7-5-2;1-2-3(4)5/h4-5H,1-2,6-7H2,3H3,(H,10,11);2H2,1H3,(H,4,5). The van der Waals surface area contributed by atoms with E-state index in [0.29, 0.717) is 11.5 Å². The van der Waals surface area contributed by atoms with Crippen LogP contribution in [0.2, 0.25) is 0 Å². The van der Waals surface area contributed by atoms with Gasteiger partial charge >= 0.3 is 11.9 Å². The molecule has 0 aromatic rings. The van der Waals surface area contributed by atoms with Gasteiger partial charge in [-0.05, 0) is 6.92 Å². The smallest absolute Gasteiger partial charge is 0.329 e. The van der Waals surface area contributed by atoms with Gasteiger partial charge in [-0.15, -0.1) is 36.7 Å². The van der Waals surface area contributed by atoms with Crippen LogP contribution >= 0.6 is 23.5 Å². The van der Waals surface area contributed by atoms with E-state index in [1.165, 1.54) is 23.5 Å². The highest BCUT2D eigenvalue weighted by molar-refractivity contribution is 8.19. The molecule has 0 bridgehead atoms. The Hall–Kier alpha value is -0.880. The zero-order chi connectivity index (χ0) is 14.6. The maximum atomic E-state index is 10.9. The molecule has 6 heteroatoms. The van der Waals surface area contributed by atoms with Crippen molar-refractivity contribution in [3.05, 3.63) is 25.3 Å². The normalized spacial score (nSPS) is 9.89. The van der Waals surface area contributed by atoms with Crippen LogP contribution in [0.15, 0.2) is 25.3 Å². The Morgan fingerprint density at radius 1 is 1.17 bits per heavy atom. The van der Waals surface area contributed by atoms with Gasteiger partial charge in [0, 0.05) is 17.9 Å². The number of hydrogen-bond acceptors (Lipinski definition) is 4. The van der Waals surface area contributed by atoms with E-state index in [2.05, 4.69) is 13.2 Å². The van der Waals surface area contributed by atoms with Gasteiger partial charge in [0.05, 0.1) is 0 Å². The third kappa shape index (κ3) is 10.3. The van der Waals surface area contributed by atoms with Crippen molar-refractivity contribution in [1.82, 2.24) is 0 Å². The molecule has 0 aromatic carbocycles. The van der Waals surface area contributed by atoms with Crippen LogP contribution in [0.4, 0.5) is 0 Å². The van der Waals surface area contributed by atoms with Crippen LogP contribution in [0.3, 0.4) is 0 Å². The van der Waals surface area contributed by atoms with Crippen LogP contribution in [0.1, 0.15) is 20.3 Å². The lowest BCUT2D eigenvalue weighted by atomic mass is 10.5. The number of aliphatic carboxylic acids is 2. The fourth-order valence-electron chi connectivity index (χ4n) is 0.601. The summed E-state index contributed by atoms with van der Waals surface area (Å²) in [7, 11) is 0. The summed E-state index contributed by atoms with van der Waals surface area (Å²) in [5, 5.41) is 16.7. The molecule has 0 saturated carbocycles. The van der Waals surface area contributed by atoms with Crippen molar-refractivity contribution >= 4 is 35.5 Å². The van der Waals surface area contributed by atoms with Gasteiger partial charge < -0.3 is 10.2 Å². The molecular formula is C12H20O4S2. The second kappa shape index (κ2) is 11.2. The predicted octanol–water partition coefficient (Wildman–Crippen LogP) is 3.11. The summed E-state index contributed by atoms with van der Waals surface area (Å²) in [5.74, 6) is -0.254. The number of carboxylic acids is 2. The van der Waals surface area contributed by atoms with Crippen LogP contribution in [0.25, 0.3) is 0 Å². The first-order valence-electron chi connectivity index (χ1n) is 5.28. The maximum absolute atomic E-state index is 10.9. The van der Waals surface area contributed by atoms with E-state index in [9.17, 15) is 9.59 Å². The molecule has 0 aliphatic heterocycles. The summed E-state index contributed by atoms with van der Waals surface area (Å²) in [6, 6.07) is 0. The van der Waals surface area contributed by atoms with E-state index < -0.39 is 16.0 Å². The van der Waals surface area contributed by atoms with E-state index in [-0.39, 0.29) is 6.42 Å². The van der Waals surface area contributed by atoms with Crippen molar-refractivity contribution in [2.45, 2.75) is 24.3 Å². The summed E-state index contributed by atoms with van der Waals surface area (Å²) in [4.78, 5) is 20.3. The van der Waals surface area contributed by atoms with Gasteiger partial charge in [-0.3, -0.25) is 4.79 Å². The number of hydrogen-bond donors (Lipinski definition) is 2. The maximum Gasteiger partial charge on any atom is 0.329 e. The number of thioether (sulfide) groups is 2. The highest BCUT2D eigenvalue weighted by Crippen LogP contribution is 2.37. The van der Waals surface area contributed by atoms with E-state index in [0.717, 1.165) is 0 Å². The minimum Gasteiger partial charge on any atom is -0.481 e. The van der Waals surface area contributed by atoms with Crippen molar-refractivity contribution in [3.8, 4) is 0 Å². The molecule has 0 atom stereocenters. The molecule has 0 saturated heterocycles. The third-order valence-corrected chi connectivity index (χ3v) is 4.61. The summed E-state index contributed by atoms with van der Waals surface area (Å²) in [5.41, 5.74) is 0. The van der Waals surface area contributed by atoms with E-state index in [4.69, 9.17) is 10.2 Å². The van der Waals surface area contributed by atoms with E-state index in [1.807, 2.05) is 0 Å². The first-order valence-corrected chi connectivity index (χ1v) is 7.26. The van der Waals surface area contributed by atoms with Crippen LogP contribution in [0.5, 0.6) is 0 Å². The molecule has 0 radical (unpaired) electrons. The fourth-order valence-corrected chi connectivity index (χ4v) is 2.46. The second-order valence-electron chi connectivity index (χ2n) is 3.20. The Labute approximate surface area is 117 Å². The average Bonchev–Trinajstić information content (AvgIpc) is 2.34. The summed E-state index contributed by atoms with van der Waals surface area (Å²) in [6.07, 6.45) is 3.64. The van der Waals surface area contributed by atoms with Gasteiger partial charge in [-0.25, -0.2) is 4.79 Å². The zero-order valence-electron chi connectivity index (χ0n) is 10.7. The highest BCUT2D eigenvalue weighted by atomic mass is 32.2.